The van der Waals surface area contributed by atoms with Crippen molar-refractivity contribution >= 4 is 33.4 Å². The van der Waals surface area contributed by atoms with Crippen molar-refractivity contribution < 1.29 is 14.3 Å². The van der Waals surface area contributed by atoms with E-state index in [1.54, 1.807) is 4.57 Å². The van der Waals surface area contributed by atoms with Gasteiger partial charge in [-0.2, -0.15) is 4.99 Å². The van der Waals surface area contributed by atoms with Gasteiger partial charge in [-0.3, -0.25) is 9.59 Å². The highest BCUT2D eigenvalue weighted by atomic mass is 32.1. The Balaban J connectivity index is 2.02. The molecule has 0 aliphatic heterocycles. The van der Waals surface area contributed by atoms with Crippen molar-refractivity contribution in [3.63, 3.8) is 0 Å². The lowest BCUT2D eigenvalue weighted by Crippen LogP contribution is -2.22. The molecule has 1 aromatic heterocycles. The molecular weight excluding hydrogens is 384 g/mol. The molecule has 1 heterocycles. The molecule has 0 N–H and O–H groups in total. The van der Waals surface area contributed by atoms with Crippen LogP contribution in [-0.2, 0) is 27.3 Å². The zero-order chi connectivity index (χ0) is 21.1. The molecular formula is C23H26N2O3S. The lowest BCUT2D eigenvalue weighted by atomic mass is 10.0. The standard InChI is InChI=1S/C23H26N2O3S/c1-14(2)18-8-9-19-20(12-18)29-23(25(19)13-22(27)28-5)24-21(26)11-17-7-6-15(3)16(4)10-17/h6-10,12,14H,11,13H2,1-5H3. The van der Waals surface area contributed by atoms with Gasteiger partial charge in [0.25, 0.3) is 5.91 Å². The van der Waals surface area contributed by atoms with Gasteiger partial charge in [-0.1, -0.05) is 49.4 Å². The summed E-state index contributed by atoms with van der Waals surface area (Å²) in [4.78, 5) is 29.4. The van der Waals surface area contributed by atoms with Crippen molar-refractivity contribution in [1.29, 1.82) is 0 Å². The zero-order valence-electron chi connectivity index (χ0n) is 17.5. The Labute approximate surface area is 174 Å². The predicted octanol–water partition coefficient (Wildman–Crippen LogP) is 4.29. The number of hydrogen-bond donors (Lipinski definition) is 0. The molecule has 3 rings (SSSR count). The maximum atomic E-state index is 12.6. The Morgan fingerprint density at radius 1 is 1.10 bits per heavy atom. The number of esters is 1. The van der Waals surface area contributed by atoms with Gasteiger partial charge in [0.15, 0.2) is 4.80 Å². The second-order valence-electron chi connectivity index (χ2n) is 7.53. The number of carbonyl (C=O) groups is 2. The SMILES string of the molecule is COC(=O)Cn1c(=NC(=O)Cc2ccc(C)c(C)c2)sc2cc(C(C)C)ccc21. The van der Waals surface area contributed by atoms with Crippen LogP contribution in [0.4, 0.5) is 0 Å². The van der Waals surface area contributed by atoms with E-state index in [2.05, 4.69) is 24.9 Å². The molecule has 0 unspecified atom stereocenters. The normalized spacial score (nSPS) is 12.0. The smallest absolute Gasteiger partial charge is 0.325 e. The van der Waals surface area contributed by atoms with Crippen LogP contribution in [0.25, 0.3) is 10.2 Å². The second-order valence-corrected chi connectivity index (χ2v) is 8.54. The Morgan fingerprint density at radius 3 is 2.52 bits per heavy atom. The molecule has 1 amide bonds. The summed E-state index contributed by atoms with van der Waals surface area (Å²) in [6.07, 6.45) is 0.227. The molecule has 152 valence electrons. The number of hydrogen-bond acceptors (Lipinski definition) is 4. The maximum Gasteiger partial charge on any atom is 0.325 e. The molecule has 6 heteroatoms. The van der Waals surface area contributed by atoms with Crippen LogP contribution < -0.4 is 4.80 Å². The van der Waals surface area contributed by atoms with E-state index in [9.17, 15) is 9.59 Å². The average molecular weight is 411 g/mol. The number of nitrogens with zero attached hydrogens (tertiary/aromatic N) is 2. The van der Waals surface area contributed by atoms with Crippen LogP contribution in [0, 0.1) is 13.8 Å². The van der Waals surface area contributed by atoms with Crippen molar-refractivity contribution in [1.82, 2.24) is 4.57 Å². The van der Waals surface area contributed by atoms with Gasteiger partial charge in [-0.25, -0.2) is 0 Å². The number of aryl methyl sites for hydroxylation is 2. The first kappa shape index (κ1) is 21.0. The third kappa shape index (κ3) is 4.82. The Hall–Kier alpha value is -2.73. The van der Waals surface area contributed by atoms with Gasteiger partial charge in [0.2, 0.25) is 0 Å². The number of ether oxygens (including phenoxy) is 1. The van der Waals surface area contributed by atoms with E-state index in [0.717, 1.165) is 21.3 Å². The van der Waals surface area contributed by atoms with Crippen molar-refractivity contribution in [2.24, 2.45) is 4.99 Å². The Kier molecular flexibility index (Phi) is 6.33. The summed E-state index contributed by atoms with van der Waals surface area (Å²) >= 11 is 1.42. The molecule has 0 saturated carbocycles. The third-order valence-electron chi connectivity index (χ3n) is 5.04. The number of rotatable bonds is 5. The van der Waals surface area contributed by atoms with E-state index in [1.807, 2.05) is 44.2 Å². The largest absolute Gasteiger partial charge is 0.468 e. The first-order valence-electron chi connectivity index (χ1n) is 9.62. The van der Waals surface area contributed by atoms with Gasteiger partial charge in [-0.05, 0) is 54.2 Å². The molecule has 0 saturated heterocycles. The lowest BCUT2D eigenvalue weighted by molar-refractivity contribution is -0.141. The first-order valence-corrected chi connectivity index (χ1v) is 10.4. The van der Waals surface area contributed by atoms with Gasteiger partial charge in [0.05, 0.1) is 23.7 Å². The maximum absolute atomic E-state index is 12.6. The highest BCUT2D eigenvalue weighted by Gasteiger charge is 2.13. The minimum Gasteiger partial charge on any atom is -0.468 e. The minimum atomic E-state index is -0.374. The van der Waals surface area contributed by atoms with Crippen LogP contribution in [0.5, 0.6) is 0 Å². The van der Waals surface area contributed by atoms with Crippen LogP contribution in [0.15, 0.2) is 41.4 Å². The molecule has 0 bridgehead atoms. The number of fused-ring (bicyclic) bond motifs is 1. The highest BCUT2D eigenvalue weighted by molar-refractivity contribution is 7.16. The lowest BCUT2D eigenvalue weighted by Gasteiger charge is -2.06. The summed E-state index contributed by atoms with van der Waals surface area (Å²) in [5.41, 5.74) is 5.36. The minimum absolute atomic E-state index is 0.0211. The van der Waals surface area contributed by atoms with Gasteiger partial charge in [-0.15, -0.1) is 0 Å². The van der Waals surface area contributed by atoms with Crippen molar-refractivity contribution in [2.75, 3.05) is 7.11 Å². The van der Waals surface area contributed by atoms with E-state index in [-0.39, 0.29) is 24.8 Å². The molecule has 0 aliphatic carbocycles. The number of aromatic nitrogens is 1. The van der Waals surface area contributed by atoms with Crippen LogP contribution in [-0.4, -0.2) is 23.6 Å². The molecule has 0 fully saturated rings. The van der Waals surface area contributed by atoms with Gasteiger partial charge in [0.1, 0.15) is 6.54 Å². The molecule has 29 heavy (non-hydrogen) atoms. The molecule has 0 atom stereocenters. The molecule has 5 nitrogen and oxygen atoms in total. The Morgan fingerprint density at radius 2 is 1.86 bits per heavy atom. The zero-order valence-corrected chi connectivity index (χ0v) is 18.3. The number of carbonyl (C=O) groups excluding carboxylic acids is 2. The van der Waals surface area contributed by atoms with Gasteiger partial charge in [0, 0.05) is 0 Å². The number of benzene rings is 2. The number of methoxy groups -OCH3 is 1. The third-order valence-corrected chi connectivity index (χ3v) is 6.08. The van der Waals surface area contributed by atoms with E-state index in [1.165, 1.54) is 29.6 Å². The fourth-order valence-electron chi connectivity index (χ4n) is 3.11. The van der Waals surface area contributed by atoms with Gasteiger partial charge >= 0.3 is 5.97 Å². The fourth-order valence-corrected chi connectivity index (χ4v) is 4.21. The van der Waals surface area contributed by atoms with Crippen molar-refractivity contribution in [3.8, 4) is 0 Å². The summed E-state index contributed by atoms with van der Waals surface area (Å²) in [6.45, 7) is 8.37. The van der Waals surface area contributed by atoms with E-state index in [4.69, 9.17) is 4.74 Å². The van der Waals surface area contributed by atoms with Gasteiger partial charge < -0.3 is 9.30 Å². The van der Waals surface area contributed by atoms with E-state index < -0.39 is 0 Å². The number of amides is 1. The molecule has 0 spiro atoms. The van der Waals surface area contributed by atoms with E-state index >= 15 is 0 Å². The van der Waals surface area contributed by atoms with E-state index in [0.29, 0.717) is 10.7 Å². The molecule has 0 aliphatic rings. The highest BCUT2D eigenvalue weighted by Crippen LogP contribution is 2.23. The monoisotopic (exact) mass is 410 g/mol. The second kappa shape index (κ2) is 8.74. The van der Waals surface area contributed by atoms with Crippen molar-refractivity contribution in [3.05, 3.63) is 63.5 Å². The fraction of sp³-hybridized carbons (Fsp3) is 0.348. The summed E-state index contributed by atoms with van der Waals surface area (Å²) in [7, 11) is 1.36. The quantitative estimate of drug-likeness (QED) is 0.590. The molecule has 2 aromatic carbocycles. The van der Waals surface area contributed by atoms with Crippen molar-refractivity contribution in [2.45, 2.75) is 46.6 Å². The summed E-state index contributed by atoms with van der Waals surface area (Å²) in [6, 6.07) is 12.1. The summed E-state index contributed by atoms with van der Waals surface area (Å²) < 4.78 is 7.59. The van der Waals surface area contributed by atoms with Crippen LogP contribution in [0.2, 0.25) is 0 Å². The molecule has 3 aromatic rings. The van der Waals surface area contributed by atoms with Crippen LogP contribution in [0.3, 0.4) is 0 Å². The average Bonchev–Trinajstić information content (AvgIpc) is 3.00. The Bertz CT molecular complexity index is 1140. The summed E-state index contributed by atoms with van der Waals surface area (Å²) in [5.74, 6) is -0.217. The predicted molar refractivity (Wildman–Crippen MR) is 116 cm³/mol. The summed E-state index contributed by atoms with van der Waals surface area (Å²) in [5, 5.41) is 0. The molecule has 0 radical (unpaired) electrons. The first-order chi connectivity index (χ1) is 13.8. The topological polar surface area (TPSA) is 60.7 Å². The number of thiazole rings is 1. The van der Waals surface area contributed by atoms with Crippen LogP contribution >= 0.6 is 11.3 Å². The van der Waals surface area contributed by atoms with Crippen LogP contribution in [0.1, 0.15) is 42.0 Å².